The average Bonchev–Trinajstić information content (AvgIpc) is 2.83. The van der Waals surface area contributed by atoms with Gasteiger partial charge in [-0.2, -0.15) is 0 Å². The number of nitro groups is 1. The van der Waals surface area contributed by atoms with Crippen molar-refractivity contribution in [1.82, 2.24) is 9.97 Å². The van der Waals surface area contributed by atoms with Gasteiger partial charge in [0.05, 0.1) is 4.92 Å². The SMILES string of the molecule is CCCCCCCCCCCCCCCCNc1ncnc(Nc2ccc(Cl)cc2)c1[N+](=O)[O-]. The quantitative estimate of drug-likeness (QED) is 0.116. The van der Waals surface area contributed by atoms with Crippen LogP contribution < -0.4 is 10.6 Å². The van der Waals surface area contributed by atoms with E-state index in [1.54, 1.807) is 24.3 Å². The first-order chi connectivity index (χ1) is 16.6. The van der Waals surface area contributed by atoms with Gasteiger partial charge in [-0.15, -0.1) is 0 Å². The molecule has 0 radical (unpaired) electrons. The summed E-state index contributed by atoms with van der Waals surface area (Å²) in [7, 11) is 0. The number of hydrogen-bond acceptors (Lipinski definition) is 6. The summed E-state index contributed by atoms with van der Waals surface area (Å²) < 4.78 is 0. The number of anilines is 3. The lowest BCUT2D eigenvalue weighted by atomic mass is 10.0. The van der Waals surface area contributed by atoms with Crippen LogP contribution in [-0.2, 0) is 0 Å². The summed E-state index contributed by atoms with van der Waals surface area (Å²) in [6.07, 6.45) is 19.5. The highest BCUT2D eigenvalue weighted by atomic mass is 35.5. The summed E-state index contributed by atoms with van der Waals surface area (Å²) in [5.41, 5.74) is 0.520. The number of benzene rings is 1. The second-order valence-corrected chi connectivity index (χ2v) is 9.27. The molecule has 0 saturated heterocycles. The van der Waals surface area contributed by atoms with E-state index in [1.165, 1.54) is 83.4 Å². The fourth-order valence-corrected chi connectivity index (χ4v) is 4.09. The predicted octanol–water partition coefficient (Wildman–Crippen LogP) is 8.68. The van der Waals surface area contributed by atoms with Gasteiger partial charge < -0.3 is 10.6 Å². The van der Waals surface area contributed by atoms with Crippen LogP contribution in [0.15, 0.2) is 30.6 Å². The van der Waals surface area contributed by atoms with E-state index in [1.807, 2.05) is 0 Å². The summed E-state index contributed by atoms with van der Waals surface area (Å²) in [6.45, 7) is 2.91. The van der Waals surface area contributed by atoms with Crippen LogP contribution in [0.1, 0.15) is 96.8 Å². The monoisotopic (exact) mass is 489 g/mol. The van der Waals surface area contributed by atoms with E-state index >= 15 is 0 Å². The number of hydrogen-bond donors (Lipinski definition) is 2. The van der Waals surface area contributed by atoms with E-state index in [4.69, 9.17) is 11.6 Å². The van der Waals surface area contributed by atoms with Crippen LogP contribution in [0.4, 0.5) is 23.0 Å². The standard InChI is InChI=1S/C26H40ClN5O2/c1-2-3-4-5-6-7-8-9-10-11-12-13-14-15-20-28-25-24(32(33)34)26(30-21-29-25)31-23-18-16-22(27)17-19-23/h16-19,21H,2-15,20H2,1H3,(H2,28,29,30,31). The van der Waals surface area contributed by atoms with Gasteiger partial charge in [-0.25, -0.2) is 9.97 Å². The highest BCUT2D eigenvalue weighted by Gasteiger charge is 2.22. The van der Waals surface area contributed by atoms with E-state index in [9.17, 15) is 10.1 Å². The number of halogens is 1. The minimum absolute atomic E-state index is 0.150. The van der Waals surface area contributed by atoms with Crippen molar-refractivity contribution >= 4 is 34.6 Å². The van der Waals surface area contributed by atoms with Crippen LogP contribution in [0.5, 0.6) is 0 Å². The first-order valence-corrected chi connectivity index (χ1v) is 13.3. The van der Waals surface area contributed by atoms with Gasteiger partial charge in [0.2, 0.25) is 11.6 Å². The number of unbranched alkanes of at least 4 members (excludes halogenated alkanes) is 13. The third-order valence-corrected chi connectivity index (χ3v) is 6.19. The Morgan fingerprint density at radius 2 is 1.29 bits per heavy atom. The van der Waals surface area contributed by atoms with Gasteiger partial charge in [0.15, 0.2) is 0 Å². The van der Waals surface area contributed by atoms with Gasteiger partial charge in [-0.1, -0.05) is 102 Å². The third kappa shape index (κ3) is 11.1. The zero-order valence-corrected chi connectivity index (χ0v) is 21.3. The minimum Gasteiger partial charge on any atom is -0.364 e. The Bertz CT molecular complexity index is 832. The van der Waals surface area contributed by atoms with Gasteiger partial charge in [0, 0.05) is 17.3 Å². The highest BCUT2D eigenvalue weighted by Crippen LogP contribution is 2.31. The fraction of sp³-hybridized carbons (Fsp3) is 0.615. The lowest BCUT2D eigenvalue weighted by molar-refractivity contribution is -0.383. The van der Waals surface area contributed by atoms with Gasteiger partial charge in [-0.3, -0.25) is 10.1 Å². The van der Waals surface area contributed by atoms with E-state index in [0.29, 0.717) is 17.3 Å². The molecule has 7 nitrogen and oxygen atoms in total. The normalized spacial score (nSPS) is 10.9. The van der Waals surface area contributed by atoms with Crippen molar-refractivity contribution in [2.75, 3.05) is 17.2 Å². The van der Waals surface area contributed by atoms with Crippen LogP contribution >= 0.6 is 11.6 Å². The van der Waals surface area contributed by atoms with Crippen LogP contribution in [0.2, 0.25) is 5.02 Å². The number of nitrogens with one attached hydrogen (secondary N) is 2. The summed E-state index contributed by atoms with van der Waals surface area (Å²) in [6, 6.07) is 6.92. The van der Waals surface area contributed by atoms with Crippen LogP contribution in [0.3, 0.4) is 0 Å². The third-order valence-electron chi connectivity index (χ3n) is 5.93. The van der Waals surface area contributed by atoms with Crippen molar-refractivity contribution in [3.8, 4) is 0 Å². The van der Waals surface area contributed by atoms with Crippen LogP contribution in [0.25, 0.3) is 0 Å². The summed E-state index contributed by atoms with van der Waals surface area (Å²) >= 11 is 5.90. The first kappa shape index (κ1) is 27.8. The van der Waals surface area contributed by atoms with Gasteiger partial charge in [0.1, 0.15) is 6.33 Å². The Hall–Kier alpha value is -2.41. The summed E-state index contributed by atoms with van der Waals surface area (Å²) in [5.74, 6) is 0.400. The molecule has 1 aromatic heterocycles. The molecule has 1 aromatic carbocycles. The molecule has 188 valence electrons. The molecule has 0 saturated carbocycles. The molecule has 0 unspecified atom stereocenters. The maximum absolute atomic E-state index is 11.7. The van der Waals surface area contributed by atoms with Gasteiger partial charge in [-0.05, 0) is 30.7 Å². The number of rotatable bonds is 19. The topological polar surface area (TPSA) is 93.0 Å². The summed E-state index contributed by atoms with van der Waals surface area (Å²) in [4.78, 5) is 19.4. The Morgan fingerprint density at radius 3 is 1.82 bits per heavy atom. The maximum atomic E-state index is 11.7. The van der Waals surface area contributed by atoms with Crippen molar-refractivity contribution in [3.05, 3.63) is 45.7 Å². The lowest BCUT2D eigenvalue weighted by Gasteiger charge is -2.10. The molecule has 0 bridgehead atoms. The van der Waals surface area contributed by atoms with Crippen molar-refractivity contribution in [2.24, 2.45) is 0 Å². The Labute approximate surface area is 209 Å². The molecule has 1 heterocycles. The zero-order valence-electron chi connectivity index (χ0n) is 20.5. The van der Waals surface area contributed by atoms with Gasteiger partial charge >= 0.3 is 5.69 Å². The average molecular weight is 490 g/mol. The molecule has 2 aromatic rings. The molecule has 0 spiro atoms. The largest absolute Gasteiger partial charge is 0.364 e. The Morgan fingerprint density at radius 1 is 0.794 bits per heavy atom. The van der Waals surface area contributed by atoms with E-state index in [-0.39, 0.29) is 17.3 Å². The molecule has 0 aliphatic carbocycles. The van der Waals surface area contributed by atoms with Crippen LogP contribution in [-0.4, -0.2) is 21.4 Å². The minimum atomic E-state index is -0.453. The highest BCUT2D eigenvalue weighted by molar-refractivity contribution is 6.30. The molecule has 0 amide bonds. The maximum Gasteiger partial charge on any atom is 0.353 e. The van der Waals surface area contributed by atoms with E-state index in [0.717, 1.165) is 12.8 Å². The molecule has 2 rings (SSSR count). The smallest absolute Gasteiger partial charge is 0.353 e. The molecule has 0 fully saturated rings. The van der Waals surface area contributed by atoms with E-state index < -0.39 is 4.92 Å². The van der Waals surface area contributed by atoms with Crippen molar-refractivity contribution in [3.63, 3.8) is 0 Å². The molecule has 34 heavy (non-hydrogen) atoms. The van der Waals surface area contributed by atoms with Crippen molar-refractivity contribution in [1.29, 1.82) is 0 Å². The zero-order chi connectivity index (χ0) is 24.4. The second kappa shape index (κ2) is 17.1. The molecule has 0 aliphatic heterocycles. The van der Waals surface area contributed by atoms with Crippen molar-refractivity contribution < 1.29 is 4.92 Å². The predicted molar refractivity (Wildman–Crippen MR) is 142 cm³/mol. The molecule has 0 aliphatic rings. The molecular formula is C26H40ClN5O2. The van der Waals surface area contributed by atoms with E-state index in [2.05, 4.69) is 27.5 Å². The Balaban J connectivity index is 1.61. The lowest BCUT2D eigenvalue weighted by Crippen LogP contribution is -2.09. The van der Waals surface area contributed by atoms with Crippen LogP contribution in [0, 0.1) is 10.1 Å². The first-order valence-electron chi connectivity index (χ1n) is 12.9. The fourth-order valence-electron chi connectivity index (χ4n) is 3.97. The molecule has 2 N–H and O–H groups in total. The van der Waals surface area contributed by atoms with Gasteiger partial charge in [0.25, 0.3) is 0 Å². The number of aromatic nitrogens is 2. The Kier molecular flexibility index (Phi) is 14.0. The number of nitrogens with zero attached hydrogens (tertiary/aromatic N) is 3. The van der Waals surface area contributed by atoms with Crippen molar-refractivity contribution in [2.45, 2.75) is 96.8 Å². The summed E-state index contributed by atoms with van der Waals surface area (Å²) in [5, 5.41) is 18.4. The molecular weight excluding hydrogens is 450 g/mol. The molecule has 8 heteroatoms. The molecule has 0 atom stereocenters. The second-order valence-electron chi connectivity index (χ2n) is 8.83.